The summed E-state index contributed by atoms with van der Waals surface area (Å²) in [5.74, 6) is -0.222. The number of carbonyl (C=O) groups is 2. The molecule has 4 N–H and O–H groups in total. The number of amides is 3. The van der Waals surface area contributed by atoms with Gasteiger partial charge in [-0.15, -0.1) is 0 Å². The van der Waals surface area contributed by atoms with E-state index in [-0.39, 0.29) is 18.6 Å². The molecule has 1 atom stereocenters. The zero-order valence-corrected chi connectivity index (χ0v) is 13.9. The second-order valence-corrected chi connectivity index (χ2v) is 6.49. The molecule has 0 spiro atoms. The van der Waals surface area contributed by atoms with Crippen molar-refractivity contribution in [2.75, 3.05) is 32.8 Å². The Morgan fingerprint density at radius 2 is 1.87 bits per heavy atom. The molecule has 1 saturated carbocycles. The van der Waals surface area contributed by atoms with Crippen molar-refractivity contribution in [3.8, 4) is 0 Å². The number of urea groups is 1. The first kappa shape index (κ1) is 18.0. The molecule has 0 aromatic heterocycles. The molecule has 23 heavy (non-hydrogen) atoms. The van der Waals surface area contributed by atoms with Gasteiger partial charge in [0.2, 0.25) is 5.91 Å². The highest BCUT2D eigenvalue weighted by atomic mass is 16.5. The fourth-order valence-electron chi connectivity index (χ4n) is 3.47. The molecule has 1 aliphatic heterocycles. The SMILES string of the molecule is NC(=O)NCC(=O)NCCC1CN(C2CCCCCC2)CCO1. The van der Waals surface area contributed by atoms with Gasteiger partial charge in [0.25, 0.3) is 0 Å². The summed E-state index contributed by atoms with van der Waals surface area (Å²) in [6.07, 6.45) is 9.02. The average Bonchev–Trinajstić information content (AvgIpc) is 2.82. The van der Waals surface area contributed by atoms with Crippen molar-refractivity contribution in [3.05, 3.63) is 0 Å². The Labute approximate surface area is 138 Å². The molecule has 1 saturated heterocycles. The van der Waals surface area contributed by atoms with E-state index in [0.717, 1.165) is 26.1 Å². The Morgan fingerprint density at radius 3 is 2.57 bits per heavy atom. The van der Waals surface area contributed by atoms with Crippen LogP contribution in [0, 0.1) is 0 Å². The molecule has 2 aliphatic rings. The van der Waals surface area contributed by atoms with E-state index in [1.54, 1.807) is 0 Å². The van der Waals surface area contributed by atoms with Gasteiger partial charge in [-0.2, -0.15) is 0 Å². The minimum Gasteiger partial charge on any atom is -0.375 e. The van der Waals surface area contributed by atoms with Gasteiger partial charge in [0, 0.05) is 25.7 Å². The molecule has 0 aromatic carbocycles. The quantitative estimate of drug-likeness (QED) is 0.622. The fourth-order valence-corrected chi connectivity index (χ4v) is 3.47. The van der Waals surface area contributed by atoms with E-state index in [1.807, 2.05) is 0 Å². The number of nitrogens with zero attached hydrogens (tertiary/aromatic N) is 1. The summed E-state index contributed by atoms with van der Waals surface area (Å²) >= 11 is 0. The molecule has 3 amide bonds. The molecule has 132 valence electrons. The first-order chi connectivity index (χ1) is 11.1. The van der Waals surface area contributed by atoms with Crippen molar-refractivity contribution in [1.29, 1.82) is 0 Å². The number of nitrogens with one attached hydrogen (secondary N) is 2. The molecule has 0 radical (unpaired) electrons. The van der Waals surface area contributed by atoms with Crippen LogP contribution in [0.25, 0.3) is 0 Å². The maximum atomic E-state index is 11.5. The molecule has 1 heterocycles. The number of hydrogen-bond acceptors (Lipinski definition) is 4. The van der Waals surface area contributed by atoms with E-state index in [0.29, 0.717) is 12.6 Å². The number of ether oxygens (including phenoxy) is 1. The largest absolute Gasteiger partial charge is 0.375 e. The first-order valence-corrected chi connectivity index (χ1v) is 8.81. The van der Waals surface area contributed by atoms with Crippen molar-refractivity contribution in [2.24, 2.45) is 5.73 Å². The summed E-state index contributed by atoms with van der Waals surface area (Å²) in [6.45, 7) is 3.24. The number of primary amides is 1. The van der Waals surface area contributed by atoms with E-state index in [2.05, 4.69) is 15.5 Å². The van der Waals surface area contributed by atoms with Crippen molar-refractivity contribution in [3.63, 3.8) is 0 Å². The molecule has 1 aliphatic carbocycles. The lowest BCUT2D eigenvalue weighted by molar-refractivity contribution is -0.120. The van der Waals surface area contributed by atoms with Gasteiger partial charge in [-0.1, -0.05) is 25.7 Å². The maximum Gasteiger partial charge on any atom is 0.312 e. The Bertz CT molecular complexity index is 384. The lowest BCUT2D eigenvalue weighted by Crippen LogP contribution is -2.48. The number of morpholine rings is 1. The fraction of sp³-hybridized carbons (Fsp3) is 0.875. The predicted molar refractivity (Wildman–Crippen MR) is 88.0 cm³/mol. The van der Waals surface area contributed by atoms with Gasteiger partial charge >= 0.3 is 6.03 Å². The van der Waals surface area contributed by atoms with Crippen molar-refractivity contribution < 1.29 is 14.3 Å². The third kappa shape index (κ3) is 6.74. The zero-order chi connectivity index (χ0) is 16.5. The highest BCUT2D eigenvalue weighted by Gasteiger charge is 2.26. The van der Waals surface area contributed by atoms with E-state index < -0.39 is 6.03 Å². The van der Waals surface area contributed by atoms with Gasteiger partial charge in [-0.05, 0) is 19.3 Å². The van der Waals surface area contributed by atoms with Crippen LogP contribution in [-0.2, 0) is 9.53 Å². The summed E-state index contributed by atoms with van der Waals surface area (Å²) in [6, 6.07) is 0.0214. The molecule has 2 fully saturated rings. The van der Waals surface area contributed by atoms with Gasteiger partial charge in [0.05, 0.1) is 19.3 Å². The number of hydrogen-bond donors (Lipinski definition) is 3. The number of nitrogens with two attached hydrogens (primary N) is 1. The van der Waals surface area contributed by atoms with E-state index in [9.17, 15) is 9.59 Å². The van der Waals surface area contributed by atoms with Gasteiger partial charge in [0.1, 0.15) is 0 Å². The van der Waals surface area contributed by atoms with Gasteiger partial charge < -0.3 is 21.1 Å². The Morgan fingerprint density at radius 1 is 1.13 bits per heavy atom. The minimum atomic E-state index is -0.685. The molecular formula is C16H30N4O3. The number of rotatable bonds is 6. The van der Waals surface area contributed by atoms with Crippen LogP contribution in [0.2, 0.25) is 0 Å². The van der Waals surface area contributed by atoms with Gasteiger partial charge in [-0.3, -0.25) is 9.69 Å². The van der Waals surface area contributed by atoms with Crippen LogP contribution in [0.15, 0.2) is 0 Å². The minimum absolute atomic E-state index is 0.0743. The van der Waals surface area contributed by atoms with Gasteiger partial charge in [0.15, 0.2) is 0 Å². The zero-order valence-electron chi connectivity index (χ0n) is 13.9. The second-order valence-electron chi connectivity index (χ2n) is 6.49. The van der Waals surface area contributed by atoms with E-state index in [1.165, 1.54) is 38.5 Å². The lowest BCUT2D eigenvalue weighted by atomic mass is 10.1. The van der Waals surface area contributed by atoms with Gasteiger partial charge in [-0.25, -0.2) is 4.79 Å². The molecule has 2 rings (SSSR count). The second kappa shape index (κ2) is 9.72. The van der Waals surface area contributed by atoms with Crippen LogP contribution in [0.5, 0.6) is 0 Å². The average molecular weight is 326 g/mol. The lowest BCUT2D eigenvalue weighted by Gasteiger charge is -2.38. The summed E-state index contributed by atoms with van der Waals surface area (Å²) in [4.78, 5) is 24.6. The normalized spacial score (nSPS) is 23.9. The van der Waals surface area contributed by atoms with E-state index >= 15 is 0 Å². The Hall–Kier alpha value is -1.34. The first-order valence-electron chi connectivity index (χ1n) is 8.81. The van der Waals surface area contributed by atoms with Crippen LogP contribution in [0.1, 0.15) is 44.9 Å². The summed E-state index contributed by atoms with van der Waals surface area (Å²) in [5.41, 5.74) is 4.93. The van der Waals surface area contributed by atoms with Crippen LogP contribution in [0.3, 0.4) is 0 Å². The highest BCUT2D eigenvalue weighted by molar-refractivity contribution is 5.83. The third-order valence-electron chi connectivity index (χ3n) is 4.72. The summed E-state index contributed by atoms with van der Waals surface area (Å²) < 4.78 is 5.83. The van der Waals surface area contributed by atoms with Crippen molar-refractivity contribution >= 4 is 11.9 Å². The van der Waals surface area contributed by atoms with E-state index in [4.69, 9.17) is 10.5 Å². The Balaban J connectivity index is 1.65. The topological polar surface area (TPSA) is 96.7 Å². The number of carbonyl (C=O) groups excluding carboxylic acids is 2. The standard InChI is InChI=1S/C16H30N4O3/c17-16(22)19-11-15(21)18-8-7-14-12-20(9-10-23-14)13-5-3-1-2-4-6-13/h13-14H,1-12H2,(H,18,21)(H3,17,19,22). The van der Waals surface area contributed by atoms with Crippen molar-refractivity contribution in [1.82, 2.24) is 15.5 Å². The van der Waals surface area contributed by atoms with Crippen LogP contribution >= 0.6 is 0 Å². The summed E-state index contributed by atoms with van der Waals surface area (Å²) in [5, 5.41) is 5.06. The molecule has 7 nitrogen and oxygen atoms in total. The molecular weight excluding hydrogens is 296 g/mol. The Kier molecular flexibility index (Phi) is 7.61. The monoisotopic (exact) mass is 326 g/mol. The summed E-state index contributed by atoms with van der Waals surface area (Å²) in [7, 11) is 0. The smallest absolute Gasteiger partial charge is 0.312 e. The van der Waals surface area contributed by atoms with Crippen molar-refractivity contribution in [2.45, 2.75) is 57.1 Å². The molecule has 0 aromatic rings. The molecule has 7 heteroatoms. The van der Waals surface area contributed by atoms with Crippen LogP contribution in [-0.4, -0.2) is 61.8 Å². The third-order valence-corrected chi connectivity index (χ3v) is 4.72. The molecule has 1 unspecified atom stereocenters. The van der Waals surface area contributed by atoms with Crippen LogP contribution in [0.4, 0.5) is 4.79 Å². The predicted octanol–water partition coefficient (Wildman–Crippen LogP) is 0.585. The highest BCUT2D eigenvalue weighted by Crippen LogP contribution is 2.23. The van der Waals surface area contributed by atoms with Crippen LogP contribution < -0.4 is 16.4 Å². The molecule has 0 bridgehead atoms. The maximum absolute atomic E-state index is 11.5.